The van der Waals surface area contributed by atoms with E-state index in [9.17, 15) is 0 Å². The Hall–Kier alpha value is -1.87. The Morgan fingerprint density at radius 3 is 2.96 bits per heavy atom. The number of piperidine rings is 1. The maximum absolute atomic E-state index is 4.26. The van der Waals surface area contributed by atoms with Gasteiger partial charge in [-0.25, -0.2) is 0 Å². The Labute approximate surface area is 139 Å². The van der Waals surface area contributed by atoms with E-state index < -0.39 is 0 Å². The smallest absolute Gasteiger partial charge is 0.0522 e. The number of nitrogens with one attached hydrogen (secondary N) is 1. The zero-order valence-electron chi connectivity index (χ0n) is 14.3. The van der Waals surface area contributed by atoms with Crippen molar-refractivity contribution in [2.45, 2.75) is 39.0 Å². The number of nitrogens with zero attached hydrogens (tertiary/aromatic N) is 2. The molecule has 1 unspecified atom stereocenters. The Balaban J connectivity index is 1.64. The van der Waals surface area contributed by atoms with Crippen LogP contribution < -0.4 is 0 Å². The first-order chi connectivity index (χ1) is 11.3. The lowest BCUT2D eigenvalue weighted by Gasteiger charge is -2.33. The molecule has 1 aliphatic heterocycles. The molecule has 1 aliphatic rings. The summed E-state index contributed by atoms with van der Waals surface area (Å²) in [5.41, 5.74) is 5.47. The van der Waals surface area contributed by atoms with Gasteiger partial charge >= 0.3 is 0 Å². The van der Waals surface area contributed by atoms with Gasteiger partial charge < -0.3 is 0 Å². The average Bonchev–Trinajstić information content (AvgIpc) is 3.04. The van der Waals surface area contributed by atoms with E-state index in [1.54, 1.807) is 0 Å². The van der Waals surface area contributed by atoms with Crippen LogP contribution in [0, 0.1) is 0 Å². The highest BCUT2D eigenvalue weighted by atomic mass is 15.1. The first-order valence-electron chi connectivity index (χ1n) is 8.73. The second-order valence-electron chi connectivity index (χ2n) is 6.64. The van der Waals surface area contributed by atoms with Crippen LogP contribution in [0.5, 0.6) is 0 Å². The third-order valence-corrected chi connectivity index (χ3v) is 4.73. The van der Waals surface area contributed by atoms with E-state index >= 15 is 0 Å². The molecule has 3 heteroatoms. The molecule has 1 aromatic carbocycles. The van der Waals surface area contributed by atoms with E-state index in [2.05, 4.69) is 65.4 Å². The number of rotatable bonds is 5. The SMILES string of the molecule is CCc1cn[nH]c1C1CCCN(C/C(C)=C/c2ccccc2)C1. The van der Waals surface area contributed by atoms with Gasteiger partial charge in [-0.3, -0.25) is 10.00 Å². The lowest BCUT2D eigenvalue weighted by Crippen LogP contribution is -2.35. The summed E-state index contributed by atoms with van der Waals surface area (Å²) in [4.78, 5) is 2.59. The predicted molar refractivity (Wildman–Crippen MR) is 96.5 cm³/mol. The maximum Gasteiger partial charge on any atom is 0.0522 e. The average molecular weight is 309 g/mol. The molecule has 0 saturated carbocycles. The molecular weight excluding hydrogens is 282 g/mol. The summed E-state index contributed by atoms with van der Waals surface area (Å²) in [6.07, 6.45) is 7.90. The minimum absolute atomic E-state index is 0.603. The number of likely N-dealkylation sites (tertiary alicyclic amines) is 1. The first kappa shape index (κ1) is 16.0. The zero-order valence-corrected chi connectivity index (χ0v) is 14.3. The Morgan fingerprint density at radius 2 is 2.17 bits per heavy atom. The predicted octanol–water partition coefficient (Wildman–Crippen LogP) is 4.26. The fourth-order valence-corrected chi connectivity index (χ4v) is 3.62. The minimum atomic E-state index is 0.603. The summed E-state index contributed by atoms with van der Waals surface area (Å²) in [6.45, 7) is 7.84. The molecule has 0 spiro atoms. The molecule has 1 fully saturated rings. The Kier molecular flexibility index (Phi) is 5.29. The van der Waals surface area contributed by atoms with Gasteiger partial charge in [0.2, 0.25) is 0 Å². The number of hydrogen-bond donors (Lipinski definition) is 1. The second kappa shape index (κ2) is 7.60. The number of aryl methyl sites for hydroxylation is 1. The van der Waals surface area contributed by atoms with E-state index in [1.165, 1.54) is 41.8 Å². The van der Waals surface area contributed by atoms with Crippen molar-refractivity contribution in [1.29, 1.82) is 0 Å². The van der Waals surface area contributed by atoms with Crippen LogP contribution in [0.15, 0.2) is 42.1 Å². The summed E-state index contributed by atoms with van der Waals surface area (Å²) >= 11 is 0. The van der Waals surface area contributed by atoms with Crippen LogP contribution in [0.4, 0.5) is 0 Å². The van der Waals surface area contributed by atoms with Crippen LogP contribution in [0.3, 0.4) is 0 Å². The highest BCUT2D eigenvalue weighted by Crippen LogP contribution is 2.28. The zero-order chi connectivity index (χ0) is 16.1. The number of hydrogen-bond acceptors (Lipinski definition) is 2. The molecule has 0 aliphatic carbocycles. The molecule has 23 heavy (non-hydrogen) atoms. The van der Waals surface area contributed by atoms with Crippen LogP contribution in [0.2, 0.25) is 0 Å². The van der Waals surface area contributed by atoms with Gasteiger partial charge in [0.15, 0.2) is 0 Å². The van der Waals surface area contributed by atoms with Crippen LogP contribution in [0.25, 0.3) is 6.08 Å². The third-order valence-electron chi connectivity index (χ3n) is 4.73. The quantitative estimate of drug-likeness (QED) is 0.895. The fourth-order valence-electron chi connectivity index (χ4n) is 3.62. The van der Waals surface area contributed by atoms with Crippen molar-refractivity contribution < 1.29 is 0 Å². The molecule has 0 radical (unpaired) electrons. The van der Waals surface area contributed by atoms with Gasteiger partial charge in [-0.1, -0.05) is 48.9 Å². The molecule has 122 valence electrons. The highest BCUT2D eigenvalue weighted by Gasteiger charge is 2.24. The van der Waals surface area contributed by atoms with Gasteiger partial charge in [-0.15, -0.1) is 0 Å². The third kappa shape index (κ3) is 4.11. The molecule has 3 nitrogen and oxygen atoms in total. The largest absolute Gasteiger partial charge is 0.299 e. The molecule has 2 aromatic rings. The summed E-state index contributed by atoms with van der Waals surface area (Å²) in [5, 5.41) is 7.50. The number of aromatic amines is 1. The van der Waals surface area contributed by atoms with Gasteiger partial charge in [0.05, 0.1) is 6.20 Å². The molecule has 0 amide bonds. The molecule has 0 bridgehead atoms. The Bertz CT molecular complexity index is 642. The summed E-state index contributed by atoms with van der Waals surface area (Å²) in [7, 11) is 0. The monoisotopic (exact) mass is 309 g/mol. The van der Waals surface area contributed by atoms with E-state index in [4.69, 9.17) is 0 Å². The molecule has 2 heterocycles. The van der Waals surface area contributed by atoms with Gasteiger partial charge in [-0.05, 0) is 43.9 Å². The van der Waals surface area contributed by atoms with Gasteiger partial charge in [0.25, 0.3) is 0 Å². The molecule has 3 rings (SSSR count). The van der Waals surface area contributed by atoms with Crippen molar-refractivity contribution in [3.8, 4) is 0 Å². The minimum Gasteiger partial charge on any atom is -0.299 e. The van der Waals surface area contributed by atoms with Crippen molar-refractivity contribution in [3.63, 3.8) is 0 Å². The van der Waals surface area contributed by atoms with Crippen molar-refractivity contribution in [2.75, 3.05) is 19.6 Å². The van der Waals surface area contributed by atoms with Crippen LogP contribution in [-0.2, 0) is 6.42 Å². The maximum atomic E-state index is 4.26. The number of benzene rings is 1. The Morgan fingerprint density at radius 1 is 1.35 bits per heavy atom. The van der Waals surface area contributed by atoms with Crippen molar-refractivity contribution in [1.82, 2.24) is 15.1 Å². The molecule has 1 aromatic heterocycles. The van der Waals surface area contributed by atoms with Gasteiger partial charge in [0, 0.05) is 24.7 Å². The highest BCUT2D eigenvalue weighted by molar-refractivity contribution is 5.52. The standard InChI is InChI=1S/C20H27N3/c1-3-18-13-21-22-20(18)19-10-7-11-23(15-19)14-16(2)12-17-8-5-4-6-9-17/h4-6,8-9,12-13,19H,3,7,10-11,14-15H2,1-2H3,(H,21,22)/b16-12+. The normalized spacial score (nSPS) is 19.9. The van der Waals surface area contributed by atoms with E-state index in [-0.39, 0.29) is 0 Å². The summed E-state index contributed by atoms with van der Waals surface area (Å²) in [6, 6.07) is 10.6. The lowest BCUT2D eigenvalue weighted by molar-refractivity contribution is 0.221. The summed E-state index contributed by atoms with van der Waals surface area (Å²) in [5.74, 6) is 0.603. The van der Waals surface area contributed by atoms with Crippen molar-refractivity contribution >= 4 is 6.08 Å². The molecule has 1 saturated heterocycles. The topological polar surface area (TPSA) is 31.9 Å². The van der Waals surface area contributed by atoms with Crippen LogP contribution in [0.1, 0.15) is 49.4 Å². The number of H-pyrrole nitrogens is 1. The van der Waals surface area contributed by atoms with E-state index in [0.717, 1.165) is 19.5 Å². The van der Waals surface area contributed by atoms with Crippen molar-refractivity contribution in [2.24, 2.45) is 0 Å². The van der Waals surface area contributed by atoms with Crippen LogP contribution in [-0.4, -0.2) is 34.7 Å². The van der Waals surface area contributed by atoms with E-state index in [1.807, 2.05) is 6.20 Å². The van der Waals surface area contributed by atoms with Gasteiger partial charge in [-0.2, -0.15) is 5.10 Å². The first-order valence-corrected chi connectivity index (χ1v) is 8.73. The number of aromatic nitrogens is 2. The lowest BCUT2D eigenvalue weighted by atomic mass is 9.91. The molecule has 1 atom stereocenters. The molecular formula is C20H27N3. The summed E-state index contributed by atoms with van der Waals surface area (Å²) < 4.78 is 0. The fraction of sp³-hybridized carbons (Fsp3) is 0.450. The van der Waals surface area contributed by atoms with Crippen molar-refractivity contribution in [3.05, 3.63) is 58.9 Å². The van der Waals surface area contributed by atoms with Crippen LogP contribution >= 0.6 is 0 Å². The van der Waals surface area contributed by atoms with Gasteiger partial charge in [0.1, 0.15) is 0 Å². The second-order valence-corrected chi connectivity index (χ2v) is 6.64. The molecule has 1 N–H and O–H groups in total. The van der Waals surface area contributed by atoms with E-state index in [0.29, 0.717) is 5.92 Å².